The number of carboxylic acids is 1. The maximum atomic E-state index is 10.6. The third-order valence-corrected chi connectivity index (χ3v) is 2.34. The summed E-state index contributed by atoms with van der Waals surface area (Å²) in [5, 5.41) is 19.9. The molecule has 12 heavy (non-hydrogen) atoms. The highest BCUT2D eigenvalue weighted by Crippen LogP contribution is 2.27. The van der Waals surface area contributed by atoms with Gasteiger partial charge in [0, 0.05) is 6.21 Å². The first-order valence-corrected chi connectivity index (χ1v) is 4.14. The maximum Gasteiger partial charge on any atom is 0.306 e. The molecule has 2 unspecified atom stereocenters. The number of nitrogens with zero attached hydrogens (tertiary/aromatic N) is 1. The second-order valence-corrected chi connectivity index (χ2v) is 3.23. The lowest BCUT2D eigenvalue weighted by atomic mass is 9.82. The Kier molecular flexibility index (Phi) is 3.08. The summed E-state index contributed by atoms with van der Waals surface area (Å²) in [6.45, 7) is 0. The number of oxime groups is 1. The Balaban J connectivity index is 2.45. The van der Waals surface area contributed by atoms with Gasteiger partial charge >= 0.3 is 5.97 Å². The number of hydrogen-bond donors (Lipinski definition) is 2. The number of hydrogen-bond acceptors (Lipinski definition) is 3. The summed E-state index contributed by atoms with van der Waals surface area (Å²) in [6.07, 6.45) is 4.65. The molecule has 1 aliphatic rings. The van der Waals surface area contributed by atoms with Crippen LogP contribution in [0.2, 0.25) is 0 Å². The van der Waals surface area contributed by atoms with Crippen LogP contribution in [0, 0.1) is 11.8 Å². The van der Waals surface area contributed by atoms with Gasteiger partial charge < -0.3 is 10.3 Å². The molecule has 0 aromatic rings. The molecule has 0 aliphatic heterocycles. The SMILES string of the molecule is O=C(O)C1CCCC(/C=N/O)C1. The van der Waals surface area contributed by atoms with Crippen molar-refractivity contribution in [1.82, 2.24) is 0 Å². The summed E-state index contributed by atoms with van der Waals surface area (Å²) < 4.78 is 0. The average molecular weight is 171 g/mol. The van der Waals surface area contributed by atoms with E-state index in [-0.39, 0.29) is 11.8 Å². The molecule has 1 aliphatic carbocycles. The van der Waals surface area contributed by atoms with E-state index in [0.29, 0.717) is 6.42 Å². The second kappa shape index (κ2) is 4.09. The molecule has 0 bridgehead atoms. The van der Waals surface area contributed by atoms with E-state index in [0.717, 1.165) is 19.3 Å². The molecule has 0 heterocycles. The molecule has 0 spiro atoms. The van der Waals surface area contributed by atoms with Crippen molar-refractivity contribution < 1.29 is 15.1 Å². The molecular weight excluding hydrogens is 158 g/mol. The predicted molar refractivity (Wildman–Crippen MR) is 43.4 cm³/mol. The highest BCUT2D eigenvalue weighted by Gasteiger charge is 2.25. The van der Waals surface area contributed by atoms with E-state index in [1.54, 1.807) is 0 Å². The van der Waals surface area contributed by atoms with Gasteiger partial charge in [0.05, 0.1) is 5.92 Å². The van der Waals surface area contributed by atoms with Crippen molar-refractivity contribution in [3.05, 3.63) is 0 Å². The summed E-state index contributed by atoms with van der Waals surface area (Å²) in [7, 11) is 0. The molecule has 1 fully saturated rings. The summed E-state index contributed by atoms with van der Waals surface area (Å²) in [5.41, 5.74) is 0. The van der Waals surface area contributed by atoms with Crippen molar-refractivity contribution in [2.24, 2.45) is 17.0 Å². The van der Waals surface area contributed by atoms with Crippen LogP contribution in [0.3, 0.4) is 0 Å². The Morgan fingerprint density at radius 2 is 2.25 bits per heavy atom. The molecule has 0 aromatic heterocycles. The maximum absolute atomic E-state index is 10.6. The van der Waals surface area contributed by atoms with Crippen LogP contribution in [0.4, 0.5) is 0 Å². The highest BCUT2D eigenvalue weighted by atomic mass is 16.4. The first kappa shape index (κ1) is 9.03. The van der Waals surface area contributed by atoms with Gasteiger partial charge in [-0.15, -0.1) is 5.16 Å². The van der Waals surface area contributed by atoms with E-state index in [2.05, 4.69) is 5.16 Å². The summed E-state index contributed by atoms with van der Waals surface area (Å²) >= 11 is 0. The first-order valence-electron chi connectivity index (χ1n) is 4.14. The number of carbonyl (C=O) groups is 1. The summed E-state index contributed by atoms with van der Waals surface area (Å²) in [5.74, 6) is -0.836. The van der Waals surface area contributed by atoms with Crippen molar-refractivity contribution in [2.75, 3.05) is 0 Å². The van der Waals surface area contributed by atoms with Gasteiger partial charge in [0.1, 0.15) is 0 Å². The Hall–Kier alpha value is -1.06. The molecule has 0 amide bonds. The Morgan fingerprint density at radius 1 is 1.50 bits per heavy atom. The number of aliphatic carboxylic acids is 1. The van der Waals surface area contributed by atoms with Gasteiger partial charge in [0.2, 0.25) is 0 Å². The van der Waals surface area contributed by atoms with E-state index in [4.69, 9.17) is 10.3 Å². The zero-order valence-corrected chi connectivity index (χ0v) is 6.81. The quantitative estimate of drug-likeness (QED) is 0.374. The number of carboxylic acid groups (broad SMARTS) is 1. The lowest BCUT2D eigenvalue weighted by Crippen LogP contribution is -2.23. The second-order valence-electron chi connectivity index (χ2n) is 3.23. The number of rotatable bonds is 2. The topological polar surface area (TPSA) is 69.9 Å². The van der Waals surface area contributed by atoms with Crippen LogP contribution in [-0.4, -0.2) is 22.5 Å². The fourth-order valence-corrected chi connectivity index (χ4v) is 1.68. The standard InChI is InChI=1S/C8H13NO3/c10-8(11)7-3-1-2-6(4-7)5-9-12/h5-7,12H,1-4H2,(H,10,11)/b9-5+. The fourth-order valence-electron chi connectivity index (χ4n) is 1.68. The zero-order chi connectivity index (χ0) is 8.97. The van der Waals surface area contributed by atoms with Gasteiger partial charge in [0.25, 0.3) is 0 Å². The molecule has 2 atom stereocenters. The Bertz CT molecular complexity index is 191. The van der Waals surface area contributed by atoms with E-state index in [9.17, 15) is 4.79 Å². The lowest BCUT2D eigenvalue weighted by molar-refractivity contribution is -0.143. The monoisotopic (exact) mass is 171 g/mol. The molecule has 1 rings (SSSR count). The van der Waals surface area contributed by atoms with Gasteiger partial charge in [-0.1, -0.05) is 6.42 Å². The van der Waals surface area contributed by atoms with Crippen LogP contribution >= 0.6 is 0 Å². The van der Waals surface area contributed by atoms with Crippen molar-refractivity contribution in [1.29, 1.82) is 0 Å². The van der Waals surface area contributed by atoms with Crippen LogP contribution < -0.4 is 0 Å². The minimum Gasteiger partial charge on any atom is -0.481 e. The smallest absolute Gasteiger partial charge is 0.306 e. The summed E-state index contributed by atoms with van der Waals surface area (Å²) in [6, 6.07) is 0. The molecular formula is C8H13NO3. The van der Waals surface area contributed by atoms with Crippen LogP contribution in [-0.2, 0) is 4.79 Å². The van der Waals surface area contributed by atoms with Crippen molar-refractivity contribution in [2.45, 2.75) is 25.7 Å². The largest absolute Gasteiger partial charge is 0.481 e. The van der Waals surface area contributed by atoms with E-state index in [1.165, 1.54) is 6.21 Å². The third kappa shape index (κ3) is 2.22. The minimum absolute atomic E-state index is 0.143. The molecule has 68 valence electrons. The van der Waals surface area contributed by atoms with Crippen molar-refractivity contribution in [3.63, 3.8) is 0 Å². The van der Waals surface area contributed by atoms with E-state index < -0.39 is 5.97 Å². The zero-order valence-electron chi connectivity index (χ0n) is 6.81. The third-order valence-electron chi connectivity index (χ3n) is 2.34. The molecule has 0 aromatic carbocycles. The van der Waals surface area contributed by atoms with Crippen molar-refractivity contribution in [3.8, 4) is 0 Å². The molecule has 2 N–H and O–H groups in total. The van der Waals surface area contributed by atoms with Crippen LogP contribution in [0.25, 0.3) is 0 Å². The van der Waals surface area contributed by atoms with E-state index >= 15 is 0 Å². The molecule has 1 saturated carbocycles. The van der Waals surface area contributed by atoms with Crippen LogP contribution in [0.1, 0.15) is 25.7 Å². The molecule has 4 heteroatoms. The Labute approximate surface area is 70.9 Å². The predicted octanol–water partition coefficient (Wildman–Crippen LogP) is 1.34. The summed E-state index contributed by atoms with van der Waals surface area (Å²) in [4.78, 5) is 10.6. The Morgan fingerprint density at radius 3 is 2.83 bits per heavy atom. The minimum atomic E-state index is -0.731. The van der Waals surface area contributed by atoms with Crippen molar-refractivity contribution >= 4 is 12.2 Å². The van der Waals surface area contributed by atoms with Gasteiger partial charge in [-0.3, -0.25) is 4.79 Å². The first-order chi connectivity index (χ1) is 5.74. The molecule has 0 radical (unpaired) electrons. The van der Waals surface area contributed by atoms with Gasteiger partial charge in [0.15, 0.2) is 0 Å². The van der Waals surface area contributed by atoms with E-state index in [1.807, 2.05) is 0 Å². The molecule has 0 saturated heterocycles. The fraction of sp³-hybridized carbons (Fsp3) is 0.750. The lowest BCUT2D eigenvalue weighted by Gasteiger charge is -2.22. The highest BCUT2D eigenvalue weighted by molar-refractivity contribution is 5.71. The normalized spacial score (nSPS) is 30.7. The van der Waals surface area contributed by atoms with Gasteiger partial charge in [-0.2, -0.15) is 0 Å². The van der Waals surface area contributed by atoms with Gasteiger partial charge in [-0.25, -0.2) is 0 Å². The average Bonchev–Trinajstić information content (AvgIpc) is 2.05. The van der Waals surface area contributed by atoms with Gasteiger partial charge in [-0.05, 0) is 25.2 Å². The molecule has 4 nitrogen and oxygen atoms in total. The van der Waals surface area contributed by atoms with Crippen LogP contribution in [0.15, 0.2) is 5.16 Å². The van der Waals surface area contributed by atoms with Crippen LogP contribution in [0.5, 0.6) is 0 Å².